The van der Waals surface area contributed by atoms with Crippen molar-refractivity contribution in [3.63, 3.8) is 0 Å². The summed E-state index contributed by atoms with van der Waals surface area (Å²) in [7, 11) is 0. The fraction of sp³-hybridized carbons (Fsp3) is 0.700. The van der Waals surface area contributed by atoms with Crippen LogP contribution in [0.5, 0.6) is 0 Å². The molecule has 0 fully saturated rings. The highest BCUT2D eigenvalue weighted by Crippen LogP contribution is 1.99. The molecule has 0 aromatic rings. The molecule has 0 bridgehead atoms. The molecule has 5 heteroatoms. The first kappa shape index (κ1) is 13.6. The van der Waals surface area contributed by atoms with Crippen molar-refractivity contribution in [2.45, 2.75) is 45.1 Å². The van der Waals surface area contributed by atoms with E-state index in [0.717, 1.165) is 12.8 Å². The monoisotopic (exact) mass is 215 g/mol. The van der Waals surface area contributed by atoms with E-state index >= 15 is 0 Å². The van der Waals surface area contributed by atoms with Crippen molar-refractivity contribution in [3.05, 3.63) is 0 Å². The van der Waals surface area contributed by atoms with Crippen molar-refractivity contribution >= 4 is 18.2 Å². The van der Waals surface area contributed by atoms with Gasteiger partial charge < -0.3 is 15.2 Å². The Balaban J connectivity index is 3.98. The molecule has 1 unspecified atom stereocenters. The molecule has 0 aliphatic heterocycles. The van der Waals surface area contributed by atoms with E-state index < -0.39 is 12.0 Å². The number of carboxylic acids is 1. The highest BCUT2D eigenvalue weighted by atomic mass is 16.4. The molecule has 0 aliphatic rings. The second kappa shape index (κ2) is 7.96. The molecule has 2 N–H and O–H groups in total. The highest BCUT2D eigenvalue weighted by Gasteiger charge is 2.18. The lowest BCUT2D eigenvalue weighted by Crippen LogP contribution is -2.40. The molecule has 0 radical (unpaired) electrons. The van der Waals surface area contributed by atoms with Crippen molar-refractivity contribution in [1.82, 2.24) is 5.32 Å². The van der Waals surface area contributed by atoms with Gasteiger partial charge in [0.25, 0.3) is 0 Å². The minimum Gasteiger partial charge on any atom is -0.480 e. The molecule has 0 saturated carbocycles. The van der Waals surface area contributed by atoms with E-state index in [-0.39, 0.29) is 18.7 Å². The number of unbranched alkanes of at least 4 members (excludes halogenated alkanes) is 1. The minimum atomic E-state index is -1.10. The zero-order valence-electron chi connectivity index (χ0n) is 8.86. The molecule has 15 heavy (non-hydrogen) atoms. The number of nitrogens with one attached hydrogen (secondary N) is 1. The van der Waals surface area contributed by atoms with Crippen LogP contribution in [0.3, 0.4) is 0 Å². The average Bonchev–Trinajstić information content (AvgIpc) is 2.20. The SMILES string of the molecule is CCCCC(=O)NC(CCC=O)C(=O)O. The smallest absolute Gasteiger partial charge is 0.326 e. The Kier molecular flexibility index (Phi) is 7.23. The van der Waals surface area contributed by atoms with Crippen LogP contribution in [0.25, 0.3) is 0 Å². The molecule has 86 valence electrons. The van der Waals surface area contributed by atoms with Crippen LogP contribution < -0.4 is 5.32 Å². The molecule has 0 heterocycles. The molecule has 0 aromatic carbocycles. The maximum absolute atomic E-state index is 11.2. The normalized spacial score (nSPS) is 11.8. The van der Waals surface area contributed by atoms with Gasteiger partial charge in [-0.1, -0.05) is 13.3 Å². The van der Waals surface area contributed by atoms with Gasteiger partial charge in [0.1, 0.15) is 12.3 Å². The Hall–Kier alpha value is -1.39. The lowest BCUT2D eigenvalue weighted by Gasteiger charge is -2.12. The number of rotatable bonds is 8. The lowest BCUT2D eigenvalue weighted by atomic mass is 10.1. The topological polar surface area (TPSA) is 83.5 Å². The Morgan fingerprint density at radius 2 is 2.13 bits per heavy atom. The zero-order valence-corrected chi connectivity index (χ0v) is 8.86. The van der Waals surface area contributed by atoms with Crippen molar-refractivity contribution < 1.29 is 19.5 Å². The molecular weight excluding hydrogens is 198 g/mol. The average molecular weight is 215 g/mol. The summed E-state index contributed by atoms with van der Waals surface area (Å²) in [4.78, 5) is 32.0. The number of aldehydes is 1. The lowest BCUT2D eigenvalue weighted by molar-refractivity contribution is -0.142. The standard InChI is InChI=1S/C10H17NO4/c1-2-3-6-9(13)11-8(10(14)15)5-4-7-12/h7-8H,2-6H2,1H3,(H,11,13)(H,14,15). The van der Waals surface area contributed by atoms with E-state index in [9.17, 15) is 14.4 Å². The maximum atomic E-state index is 11.2. The molecule has 0 rings (SSSR count). The first-order chi connectivity index (χ1) is 7.11. The van der Waals surface area contributed by atoms with Gasteiger partial charge in [0.2, 0.25) is 5.91 Å². The van der Waals surface area contributed by atoms with Crippen LogP contribution in [-0.4, -0.2) is 29.3 Å². The molecule has 1 atom stereocenters. The minimum absolute atomic E-state index is 0.144. The number of aliphatic carboxylic acids is 1. The van der Waals surface area contributed by atoms with E-state index in [1.54, 1.807) is 0 Å². The number of hydrogen-bond acceptors (Lipinski definition) is 3. The second-order valence-corrected chi connectivity index (χ2v) is 3.31. The molecule has 0 aromatic heterocycles. The van der Waals surface area contributed by atoms with Crippen LogP contribution in [0.1, 0.15) is 39.0 Å². The van der Waals surface area contributed by atoms with Crippen LogP contribution >= 0.6 is 0 Å². The van der Waals surface area contributed by atoms with Crippen molar-refractivity contribution in [2.75, 3.05) is 0 Å². The summed E-state index contributed by atoms with van der Waals surface area (Å²) in [6, 6.07) is -0.945. The summed E-state index contributed by atoms with van der Waals surface area (Å²) in [6.07, 6.45) is 2.91. The fourth-order valence-electron chi connectivity index (χ4n) is 1.10. The van der Waals surface area contributed by atoms with Gasteiger partial charge in [-0.3, -0.25) is 4.79 Å². The Morgan fingerprint density at radius 3 is 2.60 bits per heavy atom. The van der Waals surface area contributed by atoms with Crippen LogP contribution in [0.2, 0.25) is 0 Å². The summed E-state index contributed by atoms with van der Waals surface area (Å²) < 4.78 is 0. The molecular formula is C10H17NO4. The second-order valence-electron chi connectivity index (χ2n) is 3.31. The number of amides is 1. The Labute approximate surface area is 88.9 Å². The zero-order chi connectivity index (χ0) is 11.7. The van der Waals surface area contributed by atoms with Gasteiger partial charge in [-0.2, -0.15) is 0 Å². The molecule has 5 nitrogen and oxygen atoms in total. The van der Waals surface area contributed by atoms with Gasteiger partial charge in [-0.05, 0) is 12.8 Å². The molecule has 1 amide bonds. The summed E-state index contributed by atoms with van der Waals surface area (Å²) in [5.41, 5.74) is 0. The third-order valence-corrected chi connectivity index (χ3v) is 1.96. The van der Waals surface area contributed by atoms with Crippen LogP contribution in [-0.2, 0) is 14.4 Å². The van der Waals surface area contributed by atoms with Gasteiger partial charge in [-0.15, -0.1) is 0 Å². The highest BCUT2D eigenvalue weighted by molar-refractivity contribution is 5.83. The molecule has 0 spiro atoms. The molecule has 0 aliphatic carbocycles. The Bertz CT molecular complexity index is 227. The Morgan fingerprint density at radius 1 is 1.47 bits per heavy atom. The van der Waals surface area contributed by atoms with E-state index in [0.29, 0.717) is 12.7 Å². The van der Waals surface area contributed by atoms with Gasteiger partial charge >= 0.3 is 5.97 Å². The van der Waals surface area contributed by atoms with E-state index in [1.807, 2.05) is 6.92 Å². The number of hydrogen-bond donors (Lipinski definition) is 2. The van der Waals surface area contributed by atoms with Crippen LogP contribution in [0.15, 0.2) is 0 Å². The van der Waals surface area contributed by atoms with Crippen LogP contribution in [0.4, 0.5) is 0 Å². The summed E-state index contributed by atoms with van der Waals surface area (Å²) >= 11 is 0. The number of carbonyl (C=O) groups is 3. The fourth-order valence-corrected chi connectivity index (χ4v) is 1.10. The summed E-state index contributed by atoms with van der Waals surface area (Å²) in [6.45, 7) is 1.95. The van der Waals surface area contributed by atoms with Crippen molar-refractivity contribution in [2.24, 2.45) is 0 Å². The van der Waals surface area contributed by atoms with Gasteiger partial charge in [0.05, 0.1) is 0 Å². The van der Waals surface area contributed by atoms with Crippen molar-refractivity contribution in [3.8, 4) is 0 Å². The predicted octanol–water partition coefficient (Wildman–Crippen LogP) is 0.725. The first-order valence-electron chi connectivity index (χ1n) is 5.07. The molecule has 0 saturated heterocycles. The van der Waals surface area contributed by atoms with E-state index in [2.05, 4.69) is 5.32 Å². The largest absolute Gasteiger partial charge is 0.480 e. The van der Waals surface area contributed by atoms with Gasteiger partial charge in [0.15, 0.2) is 0 Å². The predicted molar refractivity (Wildman–Crippen MR) is 54.4 cm³/mol. The summed E-state index contributed by atoms with van der Waals surface area (Å²) in [5.74, 6) is -1.36. The first-order valence-corrected chi connectivity index (χ1v) is 5.07. The summed E-state index contributed by atoms with van der Waals surface area (Å²) in [5, 5.41) is 11.1. The third kappa shape index (κ3) is 6.65. The quantitative estimate of drug-likeness (QED) is 0.584. The third-order valence-electron chi connectivity index (χ3n) is 1.96. The van der Waals surface area contributed by atoms with Gasteiger partial charge in [-0.25, -0.2) is 4.79 Å². The van der Waals surface area contributed by atoms with E-state index in [1.165, 1.54) is 0 Å². The number of carboxylic acid groups (broad SMARTS) is 1. The van der Waals surface area contributed by atoms with Crippen molar-refractivity contribution in [1.29, 1.82) is 0 Å². The maximum Gasteiger partial charge on any atom is 0.326 e. The van der Waals surface area contributed by atoms with Crippen LogP contribution in [0, 0.1) is 0 Å². The number of carbonyl (C=O) groups excluding carboxylic acids is 2. The van der Waals surface area contributed by atoms with E-state index in [4.69, 9.17) is 5.11 Å². The van der Waals surface area contributed by atoms with Gasteiger partial charge in [0, 0.05) is 12.8 Å².